The Morgan fingerprint density at radius 2 is 1.97 bits per heavy atom. The van der Waals surface area contributed by atoms with Crippen molar-refractivity contribution in [1.29, 1.82) is 0 Å². The highest BCUT2D eigenvalue weighted by Gasteiger charge is 2.23. The summed E-state index contributed by atoms with van der Waals surface area (Å²) in [4.78, 5) is 17.6. The molecule has 0 radical (unpaired) electrons. The maximum atomic E-state index is 11.4. The van der Waals surface area contributed by atoms with Crippen molar-refractivity contribution in [2.24, 2.45) is 0 Å². The van der Waals surface area contributed by atoms with Gasteiger partial charge in [-0.3, -0.25) is 4.98 Å². The van der Waals surface area contributed by atoms with Crippen LogP contribution >= 0.6 is 0 Å². The number of hydrogen-bond acceptors (Lipinski definition) is 5. The van der Waals surface area contributed by atoms with Gasteiger partial charge in [0.1, 0.15) is 0 Å². The van der Waals surface area contributed by atoms with Gasteiger partial charge in [-0.25, -0.2) is 4.79 Å². The van der Waals surface area contributed by atoms with E-state index in [1.165, 1.54) is 34.6 Å². The number of benzene rings is 2. The summed E-state index contributed by atoms with van der Waals surface area (Å²) in [7, 11) is 2.09. The average molecular weight is 417 g/mol. The minimum Gasteiger partial charge on any atom is -0.478 e. The van der Waals surface area contributed by atoms with E-state index in [0.29, 0.717) is 12.2 Å². The molecular weight excluding hydrogens is 388 g/mol. The summed E-state index contributed by atoms with van der Waals surface area (Å²) in [6.07, 6.45) is 5.31. The fourth-order valence-corrected chi connectivity index (χ4v) is 4.08. The van der Waals surface area contributed by atoms with Gasteiger partial charge in [0.2, 0.25) is 0 Å². The molecule has 0 fully saturated rings. The summed E-state index contributed by atoms with van der Waals surface area (Å²) < 4.78 is 0. The fourth-order valence-electron chi connectivity index (χ4n) is 4.08. The van der Waals surface area contributed by atoms with E-state index in [4.69, 9.17) is 0 Å². The molecule has 0 aliphatic carbocycles. The molecule has 1 aliphatic heterocycles. The van der Waals surface area contributed by atoms with Crippen molar-refractivity contribution < 1.29 is 9.90 Å². The molecule has 1 atom stereocenters. The van der Waals surface area contributed by atoms with Gasteiger partial charge in [-0.15, -0.1) is 0 Å². The van der Waals surface area contributed by atoms with Crippen molar-refractivity contribution in [3.63, 3.8) is 0 Å². The number of aromatic nitrogens is 1. The van der Waals surface area contributed by atoms with Crippen molar-refractivity contribution in [2.45, 2.75) is 32.4 Å². The molecule has 6 nitrogen and oxygen atoms in total. The second kappa shape index (κ2) is 9.18. The molecular formula is C25H28N4O2. The number of nitrogens with zero attached hydrogens (tertiary/aromatic N) is 2. The van der Waals surface area contributed by atoms with Crippen molar-refractivity contribution >= 4 is 23.0 Å². The topological polar surface area (TPSA) is 77.5 Å². The summed E-state index contributed by atoms with van der Waals surface area (Å²) in [5, 5.41) is 16.1. The number of aromatic carboxylic acids is 1. The summed E-state index contributed by atoms with van der Waals surface area (Å²) in [6.45, 7) is 3.58. The Labute approximate surface area is 182 Å². The van der Waals surface area contributed by atoms with Crippen LogP contribution in [0.25, 0.3) is 0 Å². The molecule has 2 aromatic carbocycles. The molecule has 0 bridgehead atoms. The second-order valence-corrected chi connectivity index (χ2v) is 7.90. The third-order valence-electron chi connectivity index (χ3n) is 5.84. The molecule has 160 valence electrons. The van der Waals surface area contributed by atoms with Gasteiger partial charge in [0.05, 0.1) is 23.5 Å². The Morgan fingerprint density at radius 3 is 2.71 bits per heavy atom. The number of fused-ring (bicyclic) bond motifs is 1. The molecule has 3 aromatic rings. The zero-order valence-electron chi connectivity index (χ0n) is 17.9. The van der Waals surface area contributed by atoms with Crippen LogP contribution in [0, 0.1) is 0 Å². The van der Waals surface area contributed by atoms with E-state index in [-0.39, 0.29) is 11.6 Å². The SMILES string of the molecule is CCCc1ccc(N(C)c2ccc3c(c2)CNC3CNc2cnccc2C(=O)O)cc1. The monoisotopic (exact) mass is 416 g/mol. The lowest BCUT2D eigenvalue weighted by Gasteiger charge is -2.21. The first-order valence-corrected chi connectivity index (χ1v) is 10.7. The lowest BCUT2D eigenvalue weighted by molar-refractivity contribution is 0.0697. The standard InChI is InChI=1S/C25H28N4O2/c1-3-4-17-5-7-19(8-6-17)29(2)20-9-10-21-18(13-20)14-27-24(21)16-28-23-15-26-12-11-22(23)25(30)31/h5-13,15,24,27-28H,3-4,14,16H2,1-2H3,(H,30,31). The van der Waals surface area contributed by atoms with E-state index in [1.807, 2.05) is 0 Å². The number of carbonyl (C=O) groups is 1. The lowest BCUT2D eigenvalue weighted by atomic mass is 10.0. The third kappa shape index (κ3) is 4.54. The molecule has 0 saturated carbocycles. The normalized spacial score (nSPS) is 14.8. The zero-order valence-corrected chi connectivity index (χ0v) is 17.9. The number of hydrogen-bond donors (Lipinski definition) is 3. The predicted octanol–water partition coefficient (Wildman–Crippen LogP) is 4.76. The highest BCUT2D eigenvalue weighted by atomic mass is 16.4. The highest BCUT2D eigenvalue weighted by Crippen LogP contribution is 2.32. The van der Waals surface area contributed by atoms with Gasteiger partial charge in [0.15, 0.2) is 0 Å². The van der Waals surface area contributed by atoms with Gasteiger partial charge >= 0.3 is 5.97 Å². The maximum Gasteiger partial charge on any atom is 0.337 e. The largest absolute Gasteiger partial charge is 0.478 e. The van der Waals surface area contributed by atoms with Crippen molar-refractivity contribution in [1.82, 2.24) is 10.3 Å². The Bertz CT molecular complexity index is 1070. The van der Waals surface area contributed by atoms with Gasteiger partial charge in [-0.1, -0.05) is 31.5 Å². The molecule has 0 amide bonds. The minimum absolute atomic E-state index is 0.115. The molecule has 6 heteroatoms. The fraction of sp³-hybridized carbons (Fsp3) is 0.280. The van der Waals surface area contributed by atoms with Crippen molar-refractivity contribution in [2.75, 3.05) is 23.8 Å². The molecule has 1 aromatic heterocycles. The highest BCUT2D eigenvalue weighted by molar-refractivity contribution is 5.93. The van der Waals surface area contributed by atoms with E-state index in [1.54, 1.807) is 6.20 Å². The van der Waals surface area contributed by atoms with Gasteiger partial charge in [0, 0.05) is 37.7 Å². The molecule has 31 heavy (non-hydrogen) atoms. The minimum atomic E-state index is -0.958. The number of anilines is 3. The Morgan fingerprint density at radius 1 is 1.19 bits per heavy atom. The number of carboxylic acid groups (broad SMARTS) is 1. The summed E-state index contributed by atoms with van der Waals surface area (Å²) in [6, 6.07) is 16.9. The van der Waals surface area contributed by atoms with Gasteiger partial charge < -0.3 is 20.6 Å². The molecule has 3 N–H and O–H groups in total. The van der Waals surface area contributed by atoms with E-state index >= 15 is 0 Å². The zero-order chi connectivity index (χ0) is 21.8. The predicted molar refractivity (Wildman–Crippen MR) is 124 cm³/mol. The van der Waals surface area contributed by atoms with Crippen LogP contribution in [0.5, 0.6) is 0 Å². The summed E-state index contributed by atoms with van der Waals surface area (Å²) >= 11 is 0. The number of pyridine rings is 1. The van der Waals surface area contributed by atoms with Crippen LogP contribution in [-0.4, -0.2) is 29.7 Å². The molecule has 1 unspecified atom stereocenters. The van der Waals surface area contributed by atoms with Crippen LogP contribution in [0.3, 0.4) is 0 Å². The number of rotatable bonds is 8. The summed E-state index contributed by atoms with van der Waals surface area (Å²) in [5.41, 5.74) is 6.96. The Kier molecular flexibility index (Phi) is 6.18. The lowest BCUT2D eigenvalue weighted by Crippen LogP contribution is -2.22. The van der Waals surface area contributed by atoms with Gasteiger partial charge in [-0.05, 0) is 53.4 Å². The maximum absolute atomic E-state index is 11.4. The Hall–Kier alpha value is -3.38. The quantitative estimate of drug-likeness (QED) is 0.492. The third-order valence-corrected chi connectivity index (χ3v) is 5.84. The molecule has 0 spiro atoms. The molecule has 2 heterocycles. The van der Waals surface area contributed by atoms with Crippen molar-refractivity contribution in [3.05, 3.63) is 83.2 Å². The van der Waals surface area contributed by atoms with Crippen LogP contribution < -0.4 is 15.5 Å². The first-order chi connectivity index (χ1) is 15.1. The van der Waals surface area contributed by atoms with Crippen LogP contribution in [0.15, 0.2) is 60.9 Å². The van der Waals surface area contributed by atoms with Gasteiger partial charge in [0.25, 0.3) is 0 Å². The van der Waals surface area contributed by atoms with Gasteiger partial charge in [-0.2, -0.15) is 0 Å². The smallest absolute Gasteiger partial charge is 0.337 e. The summed E-state index contributed by atoms with van der Waals surface area (Å²) in [5.74, 6) is -0.958. The van der Waals surface area contributed by atoms with Crippen LogP contribution in [-0.2, 0) is 13.0 Å². The number of aryl methyl sites for hydroxylation is 1. The first-order valence-electron chi connectivity index (χ1n) is 10.7. The number of nitrogens with one attached hydrogen (secondary N) is 2. The Balaban J connectivity index is 1.46. The van der Waals surface area contributed by atoms with E-state index < -0.39 is 5.97 Å². The molecule has 4 rings (SSSR count). The first kappa shape index (κ1) is 20.9. The molecule has 0 saturated heterocycles. The van der Waals surface area contributed by atoms with Crippen molar-refractivity contribution in [3.8, 4) is 0 Å². The van der Waals surface area contributed by atoms with E-state index in [9.17, 15) is 9.90 Å². The second-order valence-electron chi connectivity index (χ2n) is 7.90. The van der Waals surface area contributed by atoms with Crippen LogP contribution in [0.4, 0.5) is 17.1 Å². The van der Waals surface area contributed by atoms with E-state index in [2.05, 4.69) is 77.0 Å². The van der Waals surface area contributed by atoms with E-state index in [0.717, 1.165) is 25.1 Å². The molecule has 1 aliphatic rings. The average Bonchev–Trinajstić information content (AvgIpc) is 3.20. The van der Waals surface area contributed by atoms with Crippen LogP contribution in [0.1, 0.15) is 46.4 Å². The number of carboxylic acids is 1. The van der Waals surface area contributed by atoms with Crippen LogP contribution in [0.2, 0.25) is 0 Å².